The quantitative estimate of drug-likeness (QED) is 0.120. The lowest BCUT2D eigenvalue weighted by molar-refractivity contribution is 0.227. The zero-order chi connectivity index (χ0) is 92.3. The number of fused-ring (bicyclic) bond motifs is 28. The molecule has 0 unspecified atom stereocenters. The molecule has 0 radical (unpaired) electrons. The molecule has 16 aromatic rings. The highest BCUT2D eigenvalue weighted by Crippen LogP contribution is 2.48. The second-order valence-electron chi connectivity index (χ2n) is 36.2. The molecular formula is C102H110Cl2N24O4. The molecule has 6 aliphatic rings. The van der Waals surface area contributed by atoms with Crippen LogP contribution in [-0.2, 0) is 79.9 Å². The van der Waals surface area contributed by atoms with Crippen molar-refractivity contribution >= 4 is 46.5 Å². The Balaban J connectivity index is 0.000000114. The topological polar surface area (TPSA) is 335 Å². The largest absolute Gasteiger partial charge is 0.482 e. The van der Waals surface area contributed by atoms with Gasteiger partial charge in [-0.25, -0.2) is 24.6 Å². The van der Waals surface area contributed by atoms with Crippen LogP contribution in [0.5, 0.6) is 23.0 Å². The number of aromatic nitrogens is 20. The highest BCUT2D eigenvalue weighted by Gasteiger charge is 2.35. The summed E-state index contributed by atoms with van der Waals surface area (Å²) < 4.78 is 41.3. The summed E-state index contributed by atoms with van der Waals surface area (Å²) in [6, 6.07) is 35.6. The number of pyridine rings is 4. The first-order chi connectivity index (χ1) is 63.4. The first-order valence-electron chi connectivity index (χ1n) is 45.3. The van der Waals surface area contributed by atoms with Crippen LogP contribution in [0.3, 0.4) is 0 Å². The van der Waals surface area contributed by atoms with Crippen LogP contribution in [0.2, 0.25) is 10.3 Å². The van der Waals surface area contributed by atoms with Crippen molar-refractivity contribution in [2.75, 3.05) is 22.9 Å². The van der Waals surface area contributed by atoms with E-state index in [-0.39, 0.29) is 24.4 Å². The molecule has 22 rings (SSSR count). The maximum Gasteiger partial charge on any atom is 0.166 e. The summed E-state index contributed by atoms with van der Waals surface area (Å²) in [6.45, 7) is 27.0. The molecule has 8 bridgehead atoms. The van der Waals surface area contributed by atoms with E-state index in [1.165, 1.54) is 53.5 Å². The summed E-state index contributed by atoms with van der Waals surface area (Å²) in [7, 11) is 7.94. The number of nitrogen functional groups attached to an aromatic ring is 4. The van der Waals surface area contributed by atoms with Crippen molar-refractivity contribution in [3.63, 3.8) is 0 Å². The SMILES string of the molecule is CCn1nc(Cl)c2c1-c1cnc(N)c(c1)O[C@H](C)c1cc(C)ccc1-c1nn(C)cc1C2.CCn1nc(Cl)c2c1-c1cnc(N)c(c1)O[C@H](C)c1cc(C)ccc1-n1nc(C)cc1C2.Cc1ccc2c(c1)[C@@H](C)Oc1cc(cnc1N)-c1c(CC3CC3)nn(C)c1Cc1cn(C)nc1-2.Cc1ccc2c(c1)[C@@H](C)Oc1cc(cnc1N)-c1c(c(C)nn1CC1CC1)Cc1cn(C)nc1-2. The number of ether oxygens (including phenoxy) is 4. The Morgan fingerprint density at radius 3 is 1.23 bits per heavy atom. The van der Waals surface area contributed by atoms with Crippen LogP contribution in [0.1, 0.15) is 198 Å². The smallest absolute Gasteiger partial charge is 0.166 e. The third kappa shape index (κ3) is 17.1. The van der Waals surface area contributed by atoms with Crippen LogP contribution >= 0.6 is 23.2 Å². The second kappa shape index (κ2) is 35.1. The van der Waals surface area contributed by atoms with Gasteiger partial charge in [-0.05, 0) is 163 Å². The van der Waals surface area contributed by atoms with Crippen molar-refractivity contribution in [3.05, 3.63) is 263 Å². The fourth-order valence-electron chi connectivity index (χ4n) is 19.0. The van der Waals surface area contributed by atoms with Crippen LogP contribution < -0.4 is 41.9 Å². The Labute approximate surface area is 777 Å². The molecule has 0 spiro atoms. The van der Waals surface area contributed by atoms with E-state index in [9.17, 15) is 0 Å². The minimum absolute atomic E-state index is 0.220. The lowest BCUT2D eigenvalue weighted by atomic mass is 9.93. The molecule has 2 fully saturated rings. The number of rotatable bonds is 6. The zero-order valence-electron chi connectivity index (χ0n) is 77.4. The van der Waals surface area contributed by atoms with Crippen LogP contribution in [0.25, 0.3) is 84.4 Å². The molecule has 0 amide bonds. The summed E-state index contributed by atoms with van der Waals surface area (Å²) in [6.07, 6.45) is 21.3. The molecular weight excluding hydrogens is 1700 g/mol. The third-order valence-corrected chi connectivity index (χ3v) is 26.5. The first kappa shape index (κ1) is 87.5. The summed E-state index contributed by atoms with van der Waals surface area (Å²) in [5.41, 5.74) is 60.5. The van der Waals surface area contributed by atoms with Gasteiger partial charge in [0.05, 0.1) is 62.6 Å². The van der Waals surface area contributed by atoms with Gasteiger partial charge in [0, 0.05) is 223 Å². The van der Waals surface area contributed by atoms with Crippen LogP contribution in [-0.4, -0.2) is 98.2 Å². The zero-order valence-corrected chi connectivity index (χ0v) is 79.0. The van der Waals surface area contributed by atoms with Gasteiger partial charge in [-0.1, -0.05) is 112 Å². The van der Waals surface area contributed by atoms with E-state index in [2.05, 4.69) is 175 Å². The average Bonchev–Trinajstić information content (AvgIpc) is 1.65. The van der Waals surface area contributed by atoms with Crippen LogP contribution in [0, 0.1) is 53.4 Å². The van der Waals surface area contributed by atoms with Gasteiger partial charge in [0.25, 0.3) is 0 Å². The average molecular weight is 1810 g/mol. The summed E-state index contributed by atoms with van der Waals surface area (Å²) in [5, 5.41) is 39.5. The third-order valence-electron chi connectivity index (χ3n) is 25.9. The molecule has 132 heavy (non-hydrogen) atoms. The standard InChI is InChI=1S/2C27H30N6O.2C24H25ClN6O/c1-15-5-8-20-21(9-15)16(2)34-24-12-18(13-29-27(24)28)25-22(10-17-6-7-17)30-33(4)23(25)11-19-14-32(3)31-26(19)20;1-15-5-8-21-23(9-15)17(3)34-24-11-19(12-29-27(24)28)26-22(10-20-14-32(4)31-25(20)21)16(2)30-33(26)13-18-6-7-18;1-5-31-22-15-10-20(24(26)27-11-15)32-14(3)18-8-13(2)6-7-17(18)21-16(12-30(4)28-21)9-19(22)23(25)29-31;1-5-30-22-16-10-21(24(26)27-12-16)32-15(4)18-8-13(2)6-7-20(18)31-17(9-14(3)28-31)11-19(22)23(25)29-30/h5,8-9,12-14,16-17H,6-7,10-11H2,1-4H3,(H2,28,29);5,8-9,11-12,14,17-18H,6-7,10,13H2,1-4H3,(H2,28,29);6-8,10-12,14H,5,9H2,1-4H3,(H2,26,27);6-10,12,15H,5,11H2,1-4H3,(H2,26,27)/t16-;17-;14-;15-/m1111/s1. The number of hydrogen-bond acceptors (Lipinski definition) is 20. The maximum atomic E-state index is 6.66. The Morgan fingerprint density at radius 2 is 0.788 bits per heavy atom. The van der Waals surface area contributed by atoms with E-state index in [1.54, 1.807) is 12.4 Å². The molecule has 16 heterocycles. The van der Waals surface area contributed by atoms with Gasteiger partial charge >= 0.3 is 0 Å². The Kier molecular flexibility index (Phi) is 23.3. The van der Waals surface area contributed by atoms with Crippen molar-refractivity contribution in [1.82, 2.24) is 98.2 Å². The van der Waals surface area contributed by atoms with Crippen molar-refractivity contribution in [1.29, 1.82) is 0 Å². The minimum atomic E-state index is -0.264. The highest BCUT2D eigenvalue weighted by molar-refractivity contribution is 6.31. The molecule has 2 saturated carbocycles. The van der Waals surface area contributed by atoms with E-state index in [0.717, 1.165) is 195 Å². The number of nitrogens with two attached hydrogens (primary N) is 4. The number of aryl methyl sites for hydroxylation is 12. The molecule has 0 saturated heterocycles. The highest BCUT2D eigenvalue weighted by atomic mass is 35.5. The summed E-state index contributed by atoms with van der Waals surface area (Å²) in [5.74, 6) is 5.18. The first-order valence-corrected chi connectivity index (χ1v) is 46.1. The summed E-state index contributed by atoms with van der Waals surface area (Å²) in [4.78, 5) is 17.9. The molecule has 4 aromatic carbocycles. The Bertz CT molecular complexity index is 6760. The van der Waals surface area contributed by atoms with Crippen molar-refractivity contribution in [3.8, 4) is 107 Å². The van der Waals surface area contributed by atoms with Crippen LogP contribution in [0.15, 0.2) is 147 Å². The second-order valence-corrected chi connectivity index (χ2v) is 36.9. The monoisotopic (exact) mass is 1800 g/mol. The number of halogens is 2. The van der Waals surface area contributed by atoms with Crippen molar-refractivity contribution < 1.29 is 18.9 Å². The predicted molar refractivity (Wildman–Crippen MR) is 516 cm³/mol. The molecule has 28 nitrogen and oxygen atoms in total. The minimum Gasteiger partial charge on any atom is -0.482 e. The number of hydrogen-bond donors (Lipinski definition) is 4. The predicted octanol–water partition coefficient (Wildman–Crippen LogP) is 19.8. The molecule has 4 atom stereocenters. The number of anilines is 4. The van der Waals surface area contributed by atoms with Gasteiger partial charge in [0.2, 0.25) is 0 Å². The van der Waals surface area contributed by atoms with E-state index in [0.29, 0.717) is 88.4 Å². The van der Waals surface area contributed by atoms with E-state index in [1.807, 2.05) is 138 Å². The van der Waals surface area contributed by atoms with E-state index in [4.69, 9.17) is 95.7 Å². The Hall–Kier alpha value is -13.9. The van der Waals surface area contributed by atoms with E-state index < -0.39 is 0 Å². The van der Waals surface area contributed by atoms with E-state index >= 15 is 0 Å². The lowest BCUT2D eigenvalue weighted by Gasteiger charge is -2.22. The van der Waals surface area contributed by atoms with Gasteiger partial charge in [0.15, 0.2) is 56.6 Å². The molecule has 12 aromatic heterocycles. The van der Waals surface area contributed by atoms with Crippen molar-refractivity contribution in [2.24, 2.45) is 40.0 Å². The van der Waals surface area contributed by atoms with Gasteiger partial charge in [-0.2, -0.15) is 40.8 Å². The number of nitrogens with zero attached hydrogens (tertiary/aromatic N) is 20. The Morgan fingerprint density at radius 1 is 0.402 bits per heavy atom. The molecule has 4 aliphatic heterocycles. The number of benzene rings is 4. The fourth-order valence-corrected chi connectivity index (χ4v) is 19.5. The van der Waals surface area contributed by atoms with Gasteiger partial charge in [-0.3, -0.25) is 32.8 Å². The van der Waals surface area contributed by atoms with Gasteiger partial charge < -0.3 is 41.9 Å². The molecule has 30 heteroatoms. The van der Waals surface area contributed by atoms with Crippen molar-refractivity contribution in [2.45, 2.75) is 185 Å². The summed E-state index contributed by atoms with van der Waals surface area (Å²) >= 11 is 13.3. The molecule has 2 aliphatic carbocycles. The normalized spacial score (nSPS) is 16.1. The lowest BCUT2D eigenvalue weighted by Crippen LogP contribution is -2.13. The molecule has 8 N–H and O–H groups in total. The maximum absolute atomic E-state index is 6.66. The van der Waals surface area contributed by atoms with Gasteiger partial charge in [0.1, 0.15) is 24.4 Å². The molecule has 676 valence electrons. The van der Waals surface area contributed by atoms with Crippen LogP contribution in [0.4, 0.5) is 23.3 Å². The fraction of sp³-hybridized carbons (Fsp3) is 0.333. The van der Waals surface area contributed by atoms with Gasteiger partial charge in [-0.15, -0.1) is 0 Å².